The number of carboxylic acids is 1. The predicted octanol–water partition coefficient (Wildman–Crippen LogP) is 2.78. The molecule has 15 heteroatoms. The van der Waals surface area contributed by atoms with Crippen molar-refractivity contribution in [3.05, 3.63) is 41.7 Å². The summed E-state index contributed by atoms with van der Waals surface area (Å²) in [6, 6.07) is 2.87. The number of benzene rings is 2. The molecule has 0 atom stereocenters. The molecule has 4 N–H and O–H groups in total. The Morgan fingerprint density at radius 3 is 2.00 bits per heavy atom. The molecule has 0 saturated carbocycles. The average molecular weight is 460 g/mol. The molecule has 0 aliphatic rings. The number of hydrogen-bond acceptors (Lipinski definition) is 8. The second-order valence-corrected chi connectivity index (χ2v) is 5.37. The molecule has 2 rings (SSSR count). The highest BCUT2D eigenvalue weighted by Crippen LogP contribution is 2.40. The minimum Gasteiger partial charge on any atom is -0.477 e. The van der Waals surface area contributed by atoms with Crippen LogP contribution in [-0.2, 0) is 0 Å². The molecular weight excluding hydrogens is 450 g/mol. The van der Waals surface area contributed by atoms with Gasteiger partial charge in [0.1, 0.15) is 17.1 Å². The molecule has 0 aliphatic carbocycles. The van der Waals surface area contributed by atoms with Crippen LogP contribution in [0.3, 0.4) is 0 Å². The number of alkyl halides is 5. The summed E-state index contributed by atoms with van der Waals surface area (Å²) in [6.07, 6.45) is -9.10. The molecule has 0 heterocycles. The Bertz CT molecular complexity index is 956. The summed E-state index contributed by atoms with van der Waals surface area (Å²) >= 11 is 0. The van der Waals surface area contributed by atoms with E-state index >= 15 is 0 Å². The number of halogens is 6. The van der Waals surface area contributed by atoms with Crippen molar-refractivity contribution in [1.82, 2.24) is 0 Å². The quantitative estimate of drug-likeness (QED) is 0.347. The van der Waals surface area contributed by atoms with E-state index in [1.807, 2.05) is 0 Å². The Kier molecular flexibility index (Phi) is 6.73. The van der Waals surface area contributed by atoms with Crippen LogP contribution in [0.5, 0.6) is 28.7 Å². The second kappa shape index (κ2) is 8.75. The van der Waals surface area contributed by atoms with Crippen LogP contribution in [0.2, 0.25) is 0 Å². The fourth-order valence-corrected chi connectivity index (χ4v) is 2.13. The van der Waals surface area contributed by atoms with Gasteiger partial charge in [-0.15, -0.1) is 13.2 Å². The smallest absolute Gasteiger partial charge is 0.477 e. The monoisotopic (exact) mass is 460 g/mol. The van der Waals surface area contributed by atoms with Gasteiger partial charge in [-0.2, -0.15) is 8.78 Å². The van der Waals surface area contributed by atoms with E-state index < -0.39 is 65.2 Å². The summed E-state index contributed by atoms with van der Waals surface area (Å²) in [4.78, 5) is 11.3. The van der Waals surface area contributed by atoms with Gasteiger partial charge in [0.2, 0.25) is 0 Å². The molecule has 170 valence electrons. The van der Waals surface area contributed by atoms with Crippen LogP contribution < -0.4 is 18.9 Å². The molecule has 0 spiro atoms. The molecule has 9 nitrogen and oxygen atoms in total. The maximum Gasteiger partial charge on any atom is 0.573 e. The third-order valence-corrected chi connectivity index (χ3v) is 3.11. The van der Waals surface area contributed by atoms with Gasteiger partial charge < -0.3 is 39.4 Å². The van der Waals surface area contributed by atoms with Gasteiger partial charge >= 0.3 is 25.1 Å². The molecule has 0 aromatic heterocycles. The number of aliphatic hydroxyl groups is 3. The Hall–Kier alpha value is -3.43. The van der Waals surface area contributed by atoms with E-state index in [1.165, 1.54) is 0 Å². The number of hydrogen-bond donors (Lipinski definition) is 4. The van der Waals surface area contributed by atoms with Crippen LogP contribution in [0, 0.1) is 5.82 Å². The van der Waals surface area contributed by atoms with Crippen LogP contribution in [0.25, 0.3) is 0 Å². The van der Waals surface area contributed by atoms with Crippen molar-refractivity contribution in [3.63, 3.8) is 0 Å². The van der Waals surface area contributed by atoms with Crippen molar-refractivity contribution in [1.29, 1.82) is 0 Å². The summed E-state index contributed by atoms with van der Waals surface area (Å²) < 4.78 is 92.5. The highest BCUT2D eigenvalue weighted by Gasteiger charge is 2.32. The van der Waals surface area contributed by atoms with E-state index in [9.17, 15) is 31.1 Å². The third kappa shape index (κ3) is 6.80. The lowest BCUT2D eigenvalue weighted by Crippen LogP contribution is -2.34. The highest BCUT2D eigenvalue weighted by molar-refractivity contribution is 5.92. The summed E-state index contributed by atoms with van der Waals surface area (Å²) in [6.45, 7) is -3.49. The highest BCUT2D eigenvalue weighted by atomic mass is 19.4. The van der Waals surface area contributed by atoms with Gasteiger partial charge in [-0.3, -0.25) is 0 Å². The summed E-state index contributed by atoms with van der Waals surface area (Å²) in [5.74, 6) is -8.58. The largest absolute Gasteiger partial charge is 0.573 e. The van der Waals surface area contributed by atoms with Gasteiger partial charge in [0.25, 0.3) is 0 Å². The number of carbonyl (C=O) groups is 1. The Labute approximate surface area is 167 Å². The first-order chi connectivity index (χ1) is 14.2. The maximum atomic E-state index is 14.3. The number of aromatic carboxylic acids is 1. The number of rotatable bonds is 8. The van der Waals surface area contributed by atoms with E-state index in [-0.39, 0.29) is 0 Å². The molecule has 0 bridgehead atoms. The van der Waals surface area contributed by atoms with Crippen molar-refractivity contribution in [3.8, 4) is 28.7 Å². The van der Waals surface area contributed by atoms with Gasteiger partial charge in [-0.25, -0.2) is 9.18 Å². The fraction of sp³-hybridized carbons (Fsp3) is 0.188. The Balaban J connectivity index is 2.51. The van der Waals surface area contributed by atoms with Crippen LogP contribution in [-0.4, -0.2) is 45.5 Å². The van der Waals surface area contributed by atoms with Crippen molar-refractivity contribution in [2.75, 3.05) is 0 Å². The first kappa shape index (κ1) is 23.8. The van der Waals surface area contributed by atoms with E-state index in [1.54, 1.807) is 0 Å². The van der Waals surface area contributed by atoms with Crippen LogP contribution in [0.15, 0.2) is 30.3 Å². The van der Waals surface area contributed by atoms with E-state index in [0.29, 0.717) is 30.3 Å². The zero-order valence-electron chi connectivity index (χ0n) is 14.6. The van der Waals surface area contributed by atoms with Crippen LogP contribution in [0.1, 0.15) is 10.4 Å². The first-order valence-corrected chi connectivity index (χ1v) is 7.60. The lowest BCUT2D eigenvalue weighted by Gasteiger charge is -2.20. The average Bonchev–Trinajstić information content (AvgIpc) is 2.56. The Morgan fingerprint density at radius 2 is 1.48 bits per heavy atom. The summed E-state index contributed by atoms with van der Waals surface area (Å²) in [7, 11) is 0. The van der Waals surface area contributed by atoms with Crippen molar-refractivity contribution < 1.29 is 70.5 Å². The SMILES string of the molecule is O=C(O)c1c(Oc2ccc(OC(F)(F)F)cc2OC(O)(O)O)ccc(OC(F)F)c1F. The zero-order chi connectivity index (χ0) is 23.6. The molecule has 0 amide bonds. The standard InChI is InChI=1S/C16H10F6O9/c17-12-9(29-14(18)19)4-3-8(11(12)13(23)24)28-7-2-1-6(30-15(20,21)22)5-10(7)31-16(25,26)27/h1-5,14,25-27H,(H,23,24). The zero-order valence-corrected chi connectivity index (χ0v) is 14.6. The topological polar surface area (TPSA) is 135 Å². The minimum absolute atomic E-state index is 0.366. The van der Waals surface area contributed by atoms with Crippen molar-refractivity contribution in [2.24, 2.45) is 0 Å². The van der Waals surface area contributed by atoms with E-state index in [2.05, 4.69) is 14.2 Å². The summed E-state index contributed by atoms with van der Waals surface area (Å²) in [5, 5.41) is 35.9. The molecule has 31 heavy (non-hydrogen) atoms. The first-order valence-electron chi connectivity index (χ1n) is 7.60. The molecule has 0 aliphatic heterocycles. The van der Waals surface area contributed by atoms with Crippen molar-refractivity contribution in [2.45, 2.75) is 19.1 Å². The predicted molar refractivity (Wildman–Crippen MR) is 83.2 cm³/mol. The minimum atomic E-state index is -5.17. The molecule has 0 radical (unpaired) electrons. The normalized spacial score (nSPS) is 11.9. The van der Waals surface area contributed by atoms with Gasteiger partial charge in [-0.1, -0.05) is 0 Å². The molecule has 2 aromatic carbocycles. The van der Waals surface area contributed by atoms with Gasteiger partial charge in [0, 0.05) is 6.07 Å². The molecular formula is C16H10F6O9. The van der Waals surface area contributed by atoms with Crippen LogP contribution >= 0.6 is 0 Å². The molecule has 0 fully saturated rings. The molecule has 0 unspecified atom stereocenters. The lowest BCUT2D eigenvalue weighted by molar-refractivity contribution is -0.419. The van der Waals surface area contributed by atoms with Crippen LogP contribution in [0.4, 0.5) is 26.3 Å². The Morgan fingerprint density at radius 1 is 0.903 bits per heavy atom. The van der Waals surface area contributed by atoms with E-state index in [4.69, 9.17) is 25.2 Å². The molecule has 2 aromatic rings. The van der Waals surface area contributed by atoms with Gasteiger partial charge in [-0.05, 0) is 24.3 Å². The lowest BCUT2D eigenvalue weighted by atomic mass is 10.1. The molecule has 0 saturated heterocycles. The number of ether oxygens (including phenoxy) is 4. The summed E-state index contributed by atoms with van der Waals surface area (Å²) in [5.41, 5.74) is -1.32. The maximum absolute atomic E-state index is 14.3. The number of carboxylic acid groups (broad SMARTS) is 1. The van der Waals surface area contributed by atoms with E-state index in [0.717, 1.165) is 0 Å². The van der Waals surface area contributed by atoms with Crippen molar-refractivity contribution >= 4 is 5.97 Å². The third-order valence-electron chi connectivity index (χ3n) is 3.11. The van der Waals surface area contributed by atoms with Gasteiger partial charge in [0.05, 0.1) is 0 Å². The fourth-order valence-electron chi connectivity index (χ4n) is 2.13. The van der Waals surface area contributed by atoms with Gasteiger partial charge in [0.15, 0.2) is 23.1 Å². The second-order valence-electron chi connectivity index (χ2n) is 5.37.